The van der Waals surface area contributed by atoms with Crippen LogP contribution in [0.15, 0.2) is 35.7 Å². The van der Waals surface area contributed by atoms with Crippen molar-refractivity contribution in [3.8, 4) is 5.69 Å². The summed E-state index contributed by atoms with van der Waals surface area (Å²) in [5, 5.41) is 4.21. The van der Waals surface area contributed by atoms with Crippen molar-refractivity contribution in [2.75, 3.05) is 11.1 Å². The lowest BCUT2D eigenvalue weighted by Gasteiger charge is -2.12. The van der Waals surface area contributed by atoms with Gasteiger partial charge < -0.3 is 11.1 Å². The van der Waals surface area contributed by atoms with Gasteiger partial charge in [0.25, 0.3) is 5.91 Å². The third-order valence-electron chi connectivity index (χ3n) is 5.20. The molecule has 0 atom stereocenters. The van der Waals surface area contributed by atoms with Crippen LogP contribution in [-0.2, 0) is 17.6 Å². The van der Waals surface area contributed by atoms with Gasteiger partial charge in [-0.2, -0.15) is 0 Å². The number of thioether (sulfide) groups is 1. The Morgan fingerprint density at radius 3 is 2.93 bits per heavy atom. The number of hydrogen-bond donors (Lipinski definition) is 2. The Balaban J connectivity index is 1.48. The van der Waals surface area contributed by atoms with Crippen LogP contribution >= 0.6 is 23.1 Å². The highest BCUT2D eigenvalue weighted by atomic mass is 32.2. The van der Waals surface area contributed by atoms with Crippen LogP contribution in [0.1, 0.15) is 38.3 Å². The van der Waals surface area contributed by atoms with Crippen LogP contribution in [0.4, 0.5) is 5.00 Å². The van der Waals surface area contributed by atoms with Crippen LogP contribution in [-0.4, -0.2) is 27.1 Å². The number of aryl methyl sites for hydroxylation is 2. The average molecular weight is 427 g/mol. The lowest BCUT2D eigenvalue weighted by molar-refractivity contribution is -0.113. The predicted molar refractivity (Wildman–Crippen MR) is 117 cm³/mol. The number of amides is 2. The molecule has 0 unspecified atom stereocenters. The zero-order chi connectivity index (χ0) is 20.5. The van der Waals surface area contributed by atoms with Gasteiger partial charge in [-0.05, 0) is 55.9 Å². The largest absolute Gasteiger partial charge is 0.365 e. The molecule has 3 aromatic rings. The van der Waals surface area contributed by atoms with Crippen molar-refractivity contribution in [3.63, 3.8) is 0 Å². The maximum absolute atomic E-state index is 12.6. The summed E-state index contributed by atoms with van der Waals surface area (Å²) in [5.74, 6) is -0.450. The van der Waals surface area contributed by atoms with Crippen molar-refractivity contribution < 1.29 is 9.59 Å². The third kappa shape index (κ3) is 3.82. The molecule has 0 bridgehead atoms. The Hall–Kier alpha value is -2.58. The quantitative estimate of drug-likeness (QED) is 0.586. The molecule has 0 aliphatic heterocycles. The van der Waals surface area contributed by atoms with Gasteiger partial charge in [-0.1, -0.05) is 23.9 Å². The average Bonchev–Trinajstić information content (AvgIpc) is 3.37. The van der Waals surface area contributed by atoms with E-state index in [4.69, 9.17) is 5.73 Å². The first kappa shape index (κ1) is 19.7. The first-order valence-corrected chi connectivity index (χ1v) is 11.2. The highest BCUT2D eigenvalue weighted by molar-refractivity contribution is 7.99. The summed E-state index contributed by atoms with van der Waals surface area (Å²) in [6.45, 7) is 4.15. The fourth-order valence-corrected chi connectivity index (χ4v) is 5.70. The Kier molecular flexibility index (Phi) is 5.47. The molecule has 1 aromatic carbocycles. The van der Waals surface area contributed by atoms with E-state index in [-0.39, 0.29) is 11.7 Å². The predicted octanol–water partition coefficient (Wildman–Crippen LogP) is 3.87. The van der Waals surface area contributed by atoms with Gasteiger partial charge in [0.1, 0.15) is 5.00 Å². The number of fused-ring (bicyclic) bond motifs is 1. The van der Waals surface area contributed by atoms with E-state index >= 15 is 0 Å². The van der Waals surface area contributed by atoms with Gasteiger partial charge in [0, 0.05) is 17.3 Å². The SMILES string of the molecule is Cc1cccc(-n2ccnc2SCC(=O)Nc2sc3c(c2C(N)=O)CCC3)c1C. The smallest absolute Gasteiger partial charge is 0.251 e. The van der Waals surface area contributed by atoms with Crippen molar-refractivity contribution in [3.05, 3.63) is 57.7 Å². The molecule has 0 spiro atoms. The number of imidazole rings is 1. The van der Waals surface area contributed by atoms with Gasteiger partial charge in [0.15, 0.2) is 5.16 Å². The van der Waals surface area contributed by atoms with Crippen molar-refractivity contribution in [2.24, 2.45) is 5.73 Å². The van der Waals surface area contributed by atoms with Crippen LogP contribution in [0.3, 0.4) is 0 Å². The normalized spacial score (nSPS) is 12.8. The van der Waals surface area contributed by atoms with Gasteiger partial charge in [-0.3, -0.25) is 14.2 Å². The van der Waals surface area contributed by atoms with E-state index in [1.165, 1.54) is 34.2 Å². The number of nitrogens with zero attached hydrogens (tertiary/aromatic N) is 2. The Labute approximate surface area is 177 Å². The summed E-state index contributed by atoms with van der Waals surface area (Å²) in [4.78, 5) is 30.0. The lowest BCUT2D eigenvalue weighted by atomic mass is 10.1. The second-order valence-corrected chi connectivity index (χ2v) is 9.11. The maximum Gasteiger partial charge on any atom is 0.251 e. The van der Waals surface area contributed by atoms with Crippen molar-refractivity contribution >= 4 is 39.9 Å². The highest BCUT2D eigenvalue weighted by Crippen LogP contribution is 2.39. The Bertz CT molecular complexity index is 1100. The first-order chi connectivity index (χ1) is 14.0. The summed E-state index contributed by atoms with van der Waals surface area (Å²) >= 11 is 2.83. The second kappa shape index (κ2) is 8.04. The Morgan fingerprint density at radius 2 is 2.14 bits per heavy atom. The number of anilines is 1. The molecule has 8 heteroatoms. The Morgan fingerprint density at radius 1 is 1.31 bits per heavy atom. The summed E-state index contributed by atoms with van der Waals surface area (Å²) in [6.07, 6.45) is 6.46. The highest BCUT2D eigenvalue weighted by Gasteiger charge is 2.26. The van der Waals surface area contributed by atoms with Crippen molar-refractivity contribution in [1.29, 1.82) is 0 Å². The first-order valence-electron chi connectivity index (χ1n) is 9.42. The maximum atomic E-state index is 12.6. The molecule has 0 saturated heterocycles. The molecule has 1 aliphatic carbocycles. The molecule has 2 aromatic heterocycles. The zero-order valence-corrected chi connectivity index (χ0v) is 18.0. The van der Waals surface area contributed by atoms with E-state index in [1.54, 1.807) is 6.20 Å². The molecule has 3 N–H and O–H groups in total. The number of primary amides is 1. The van der Waals surface area contributed by atoms with E-state index in [0.717, 1.165) is 40.5 Å². The fourth-order valence-electron chi connectivity index (χ4n) is 3.62. The van der Waals surface area contributed by atoms with Gasteiger partial charge in [-0.15, -0.1) is 11.3 Å². The second-order valence-electron chi connectivity index (χ2n) is 7.06. The number of nitrogens with one attached hydrogen (secondary N) is 1. The fraction of sp³-hybridized carbons (Fsp3) is 0.286. The number of carbonyl (C=O) groups is 2. The van der Waals surface area contributed by atoms with Gasteiger partial charge in [0.2, 0.25) is 5.91 Å². The molecular weight excluding hydrogens is 404 g/mol. The third-order valence-corrected chi connectivity index (χ3v) is 7.37. The van der Waals surface area contributed by atoms with Crippen molar-refractivity contribution in [1.82, 2.24) is 9.55 Å². The molecule has 150 valence electrons. The molecule has 4 rings (SSSR count). The van der Waals surface area contributed by atoms with Crippen LogP contribution in [0.25, 0.3) is 5.69 Å². The number of thiophene rings is 1. The lowest BCUT2D eigenvalue weighted by Crippen LogP contribution is -2.19. The molecule has 2 heterocycles. The van der Waals surface area contributed by atoms with E-state index in [0.29, 0.717) is 10.6 Å². The molecule has 0 saturated carbocycles. The number of nitrogens with two attached hydrogens (primary N) is 1. The van der Waals surface area contributed by atoms with Crippen LogP contribution < -0.4 is 11.1 Å². The molecule has 0 fully saturated rings. The molecule has 0 radical (unpaired) electrons. The van der Waals surface area contributed by atoms with Crippen LogP contribution in [0.5, 0.6) is 0 Å². The zero-order valence-electron chi connectivity index (χ0n) is 16.3. The van der Waals surface area contributed by atoms with Crippen molar-refractivity contribution in [2.45, 2.75) is 38.3 Å². The summed E-state index contributed by atoms with van der Waals surface area (Å²) < 4.78 is 1.99. The number of benzene rings is 1. The van der Waals surface area contributed by atoms with E-state index in [2.05, 4.69) is 30.2 Å². The summed E-state index contributed by atoms with van der Waals surface area (Å²) in [6, 6.07) is 6.13. The van der Waals surface area contributed by atoms with E-state index < -0.39 is 5.91 Å². The van der Waals surface area contributed by atoms with Crippen LogP contribution in [0, 0.1) is 13.8 Å². The molecule has 2 amide bonds. The van der Waals surface area contributed by atoms with Gasteiger partial charge in [-0.25, -0.2) is 4.98 Å². The van der Waals surface area contributed by atoms with Crippen LogP contribution in [0.2, 0.25) is 0 Å². The molecule has 1 aliphatic rings. The number of aromatic nitrogens is 2. The van der Waals surface area contributed by atoms with E-state index in [9.17, 15) is 9.59 Å². The summed E-state index contributed by atoms with van der Waals surface area (Å²) in [7, 11) is 0. The minimum absolute atomic E-state index is 0.173. The minimum atomic E-state index is -0.474. The molecule has 29 heavy (non-hydrogen) atoms. The van der Waals surface area contributed by atoms with Gasteiger partial charge in [0.05, 0.1) is 17.0 Å². The number of carbonyl (C=O) groups excluding carboxylic acids is 2. The van der Waals surface area contributed by atoms with E-state index in [1.807, 2.05) is 22.9 Å². The minimum Gasteiger partial charge on any atom is -0.365 e. The molecular formula is C21H22N4O2S2. The number of rotatable bonds is 6. The standard InChI is InChI=1S/C21H22N4O2S2/c1-12-5-3-7-15(13(12)2)25-10-9-23-21(25)28-11-17(26)24-20-18(19(22)27)14-6-4-8-16(14)29-20/h3,5,7,9-10H,4,6,8,11H2,1-2H3,(H2,22,27)(H,24,26). The molecule has 6 nitrogen and oxygen atoms in total. The monoisotopic (exact) mass is 426 g/mol. The summed E-state index contributed by atoms with van der Waals surface area (Å²) in [5.41, 5.74) is 10.5. The van der Waals surface area contributed by atoms with Gasteiger partial charge >= 0.3 is 0 Å². The number of hydrogen-bond acceptors (Lipinski definition) is 5. The topological polar surface area (TPSA) is 90.0 Å².